The predicted molar refractivity (Wildman–Crippen MR) is 78.7 cm³/mol. The van der Waals surface area contributed by atoms with Crippen LogP contribution < -0.4 is 14.2 Å². The molecule has 0 radical (unpaired) electrons. The van der Waals surface area contributed by atoms with Crippen LogP contribution in [0.1, 0.15) is 10.5 Å². The van der Waals surface area contributed by atoms with Gasteiger partial charge in [-0.15, -0.1) is 8.78 Å². The molecule has 0 unspecified atom stereocenters. The first kappa shape index (κ1) is 17.2. The van der Waals surface area contributed by atoms with Crippen molar-refractivity contribution in [1.82, 2.24) is 4.98 Å². The maximum atomic E-state index is 14.3. The highest BCUT2D eigenvalue weighted by atomic mass is 35.5. The van der Waals surface area contributed by atoms with Crippen molar-refractivity contribution < 1.29 is 36.9 Å². The van der Waals surface area contributed by atoms with Crippen LogP contribution in [-0.4, -0.2) is 31.5 Å². The predicted octanol–water partition coefficient (Wildman–Crippen LogP) is 3.66. The first-order valence-electron chi connectivity index (χ1n) is 6.69. The summed E-state index contributed by atoms with van der Waals surface area (Å²) in [5, 5.41) is -0.264. The number of hydrogen-bond donors (Lipinski definition) is 0. The van der Waals surface area contributed by atoms with Crippen LogP contribution in [0.25, 0.3) is 11.3 Å². The third-order valence-corrected chi connectivity index (χ3v) is 3.58. The van der Waals surface area contributed by atoms with E-state index in [1.165, 1.54) is 13.2 Å². The molecular formula is C15H9ClF3NO5. The lowest BCUT2D eigenvalue weighted by Gasteiger charge is -2.12. The summed E-state index contributed by atoms with van der Waals surface area (Å²) in [4.78, 5) is 15.5. The quantitative estimate of drug-likeness (QED) is 0.763. The van der Waals surface area contributed by atoms with Gasteiger partial charge in [0, 0.05) is 5.56 Å². The average molecular weight is 376 g/mol. The van der Waals surface area contributed by atoms with Crippen molar-refractivity contribution in [3.05, 3.63) is 34.7 Å². The molecule has 1 aliphatic rings. The van der Waals surface area contributed by atoms with Gasteiger partial charge in [0.25, 0.3) is 0 Å². The fourth-order valence-electron chi connectivity index (χ4n) is 2.27. The zero-order valence-electron chi connectivity index (χ0n) is 12.7. The molecule has 0 spiro atoms. The van der Waals surface area contributed by atoms with Crippen molar-refractivity contribution in [3.8, 4) is 28.5 Å². The summed E-state index contributed by atoms with van der Waals surface area (Å²) in [6, 6.07) is 3.24. The minimum atomic E-state index is -3.88. The Morgan fingerprint density at radius 1 is 1.28 bits per heavy atom. The summed E-state index contributed by atoms with van der Waals surface area (Å²) < 4.78 is 59.1. The second-order valence-corrected chi connectivity index (χ2v) is 5.19. The minimum absolute atomic E-state index is 0.0399. The van der Waals surface area contributed by atoms with Gasteiger partial charge in [0.1, 0.15) is 5.69 Å². The number of ether oxygens (including phenoxy) is 4. The van der Waals surface area contributed by atoms with Gasteiger partial charge < -0.3 is 18.9 Å². The fraction of sp³-hybridized carbons (Fsp3) is 0.200. The first-order chi connectivity index (χ1) is 11.8. The van der Waals surface area contributed by atoms with Gasteiger partial charge in [0.15, 0.2) is 23.0 Å². The zero-order chi connectivity index (χ0) is 18.4. The van der Waals surface area contributed by atoms with E-state index < -0.39 is 23.8 Å². The molecule has 1 aromatic carbocycles. The molecule has 0 fully saturated rings. The molecule has 0 saturated heterocycles. The van der Waals surface area contributed by atoms with Gasteiger partial charge in [0.2, 0.25) is 5.75 Å². The van der Waals surface area contributed by atoms with Gasteiger partial charge in [-0.25, -0.2) is 14.2 Å². The third-order valence-electron chi connectivity index (χ3n) is 3.29. The van der Waals surface area contributed by atoms with E-state index in [0.29, 0.717) is 0 Å². The summed E-state index contributed by atoms with van der Waals surface area (Å²) >= 11 is 5.79. The summed E-state index contributed by atoms with van der Waals surface area (Å²) in [5.74, 6) is -2.73. The number of aromatic nitrogens is 1. The molecule has 3 rings (SSSR count). The number of rotatable bonds is 3. The summed E-state index contributed by atoms with van der Waals surface area (Å²) in [6.45, 7) is 0. The fourth-order valence-corrected chi connectivity index (χ4v) is 2.49. The van der Waals surface area contributed by atoms with E-state index in [4.69, 9.17) is 16.3 Å². The van der Waals surface area contributed by atoms with Gasteiger partial charge in [-0.3, -0.25) is 0 Å². The Morgan fingerprint density at radius 3 is 2.64 bits per heavy atom. The molecular weight excluding hydrogens is 367 g/mol. The van der Waals surface area contributed by atoms with Crippen LogP contribution in [0.3, 0.4) is 0 Å². The van der Waals surface area contributed by atoms with Gasteiger partial charge in [-0.1, -0.05) is 11.6 Å². The maximum absolute atomic E-state index is 14.3. The molecule has 0 saturated carbocycles. The molecule has 0 atom stereocenters. The van der Waals surface area contributed by atoms with Gasteiger partial charge >= 0.3 is 12.3 Å². The van der Waals surface area contributed by atoms with E-state index in [0.717, 1.165) is 19.2 Å². The molecule has 0 aliphatic carbocycles. The molecule has 0 N–H and O–H groups in total. The van der Waals surface area contributed by atoms with E-state index in [2.05, 4.69) is 19.2 Å². The highest BCUT2D eigenvalue weighted by molar-refractivity contribution is 6.33. The van der Waals surface area contributed by atoms with Crippen molar-refractivity contribution in [2.24, 2.45) is 0 Å². The minimum Gasteiger partial charge on any atom is -0.492 e. The van der Waals surface area contributed by atoms with Crippen LogP contribution in [0.4, 0.5) is 13.2 Å². The SMILES string of the molecule is COC(=O)c1nc(-c2ccc3c(c2OC)OC(F)(F)O3)c(F)cc1Cl. The standard InChI is InChI=1S/C15H9ClF3NO5/c1-22-12-6(3-4-9-13(12)25-15(18,19)24-9)10-8(17)5-7(16)11(20-10)14(21)23-2/h3-5H,1-2H3. The smallest absolute Gasteiger partial charge is 0.492 e. The van der Waals surface area contributed by atoms with E-state index in [1.54, 1.807) is 0 Å². The normalized spacial score (nSPS) is 14.3. The molecule has 2 aromatic rings. The number of hydrogen-bond acceptors (Lipinski definition) is 6. The number of benzene rings is 1. The van der Waals surface area contributed by atoms with Crippen molar-refractivity contribution in [3.63, 3.8) is 0 Å². The number of fused-ring (bicyclic) bond motifs is 1. The molecule has 25 heavy (non-hydrogen) atoms. The Labute approximate surface area is 144 Å². The molecule has 132 valence electrons. The van der Waals surface area contributed by atoms with Crippen LogP contribution in [0.5, 0.6) is 17.2 Å². The van der Waals surface area contributed by atoms with E-state index in [1.807, 2.05) is 0 Å². The Bertz CT molecular complexity index is 875. The van der Waals surface area contributed by atoms with Gasteiger partial charge in [-0.2, -0.15) is 0 Å². The number of esters is 1. The number of halogens is 4. The topological polar surface area (TPSA) is 66.9 Å². The summed E-state index contributed by atoms with van der Waals surface area (Å²) in [6.07, 6.45) is -3.88. The lowest BCUT2D eigenvalue weighted by atomic mass is 10.1. The monoisotopic (exact) mass is 375 g/mol. The van der Waals surface area contributed by atoms with Crippen LogP contribution in [-0.2, 0) is 4.74 Å². The van der Waals surface area contributed by atoms with Crippen molar-refractivity contribution in [2.45, 2.75) is 6.29 Å². The average Bonchev–Trinajstić information content (AvgIpc) is 2.87. The summed E-state index contributed by atoms with van der Waals surface area (Å²) in [7, 11) is 2.28. The van der Waals surface area contributed by atoms with E-state index >= 15 is 0 Å². The highest BCUT2D eigenvalue weighted by Crippen LogP contribution is 2.51. The zero-order valence-corrected chi connectivity index (χ0v) is 13.5. The Kier molecular flexibility index (Phi) is 4.11. The van der Waals surface area contributed by atoms with Crippen molar-refractivity contribution in [2.75, 3.05) is 14.2 Å². The van der Waals surface area contributed by atoms with Gasteiger partial charge in [-0.05, 0) is 18.2 Å². The van der Waals surface area contributed by atoms with E-state index in [9.17, 15) is 18.0 Å². The first-order valence-corrected chi connectivity index (χ1v) is 7.06. The van der Waals surface area contributed by atoms with Crippen LogP contribution in [0.15, 0.2) is 18.2 Å². The van der Waals surface area contributed by atoms with Crippen molar-refractivity contribution in [1.29, 1.82) is 0 Å². The highest BCUT2D eigenvalue weighted by Gasteiger charge is 2.45. The van der Waals surface area contributed by atoms with Crippen molar-refractivity contribution >= 4 is 17.6 Å². The number of methoxy groups -OCH3 is 2. The van der Waals surface area contributed by atoms with Crippen LogP contribution >= 0.6 is 11.6 Å². The number of alkyl halides is 2. The molecule has 0 amide bonds. The maximum Gasteiger partial charge on any atom is 0.586 e. The second kappa shape index (κ2) is 5.99. The molecule has 2 heterocycles. The molecule has 1 aliphatic heterocycles. The Morgan fingerprint density at radius 2 is 2.00 bits per heavy atom. The third kappa shape index (κ3) is 2.91. The molecule has 10 heteroatoms. The largest absolute Gasteiger partial charge is 0.586 e. The van der Waals surface area contributed by atoms with Crippen LogP contribution in [0.2, 0.25) is 5.02 Å². The van der Waals surface area contributed by atoms with E-state index in [-0.39, 0.29) is 33.5 Å². The number of nitrogens with zero attached hydrogens (tertiary/aromatic N) is 1. The Balaban J connectivity index is 2.20. The van der Waals surface area contributed by atoms with Gasteiger partial charge in [0.05, 0.1) is 19.2 Å². The molecule has 6 nitrogen and oxygen atoms in total. The Hall–Kier alpha value is -2.68. The molecule has 0 bridgehead atoms. The van der Waals surface area contributed by atoms with Crippen LogP contribution in [0, 0.1) is 5.82 Å². The number of pyridine rings is 1. The number of carbonyl (C=O) groups is 1. The number of carbonyl (C=O) groups excluding carboxylic acids is 1. The lowest BCUT2D eigenvalue weighted by Crippen LogP contribution is -2.26. The lowest BCUT2D eigenvalue weighted by molar-refractivity contribution is -0.287. The second-order valence-electron chi connectivity index (χ2n) is 4.78. The molecule has 1 aromatic heterocycles. The summed E-state index contributed by atoms with van der Waals surface area (Å²) in [5.41, 5.74) is -0.740.